The van der Waals surface area contributed by atoms with Crippen molar-refractivity contribution in [3.05, 3.63) is 46.8 Å². The van der Waals surface area contributed by atoms with Crippen LogP contribution in [0.3, 0.4) is 0 Å². The van der Waals surface area contributed by atoms with Gasteiger partial charge in [-0.1, -0.05) is 0 Å². The molecule has 4 nitrogen and oxygen atoms in total. The molecule has 2 aromatic rings. The Kier molecular flexibility index (Phi) is 6.04. The summed E-state index contributed by atoms with van der Waals surface area (Å²) in [5.74, 6) is -0.377. The first-order chi connectivity index (χ1) is 12.5. The summed E-state index contributed by atoms with van der Waals surface area (Å²) in [4.78, 5) is 2.39. The predicted molar refractivity (Wildman–Crippen MR) is 99.5 cm³/mol. The van der Waals surface area contributed by atoms with E-state index in [1.807, 2.05) is 13.8 Å². The minimum atomic E-state index is -0.600. The number of aromatic nitrogens is 2. The van der Waals surface area contributed by atoms with E-state index in [9.17, 15) is 8.78 Å². The molecule has 1 aliphatic rings. The van der Waals surface area contributed by atoms with Crippen LogP contribution in [0.1, 0.15) is 36.2 Å². The van der Waals surface area contributed by atoms with Gasteiger partial charge >= 0.3 is 0 Å². The van der Waals surface area contributed by atoms with Crippen LogP contribution in [0.15, 0.2) is 18.2 Å². The number of nitrogens with one attached hydrogen (secondary N) is 1. The Morgan fingerprint density at radius 2 is 1.92 bits per heavy atom. The third-order valence-electron chi connectivity index (χ3n) is 5.45. The van der Waals surface area contributed by atoms with Crippen molar-refractivity contribution < 1.29 is 8.78 Å². The van der Waals surface area contributed by atoms with Crippen molar-refractivity contribution in [1.29, 1.82) is 0 Å². The Morgan fingerprint density at radius 3 is 2.62 bits per heavy atom. The number of hydrogen-bond acceptors (Lipinski definition) is 3. The topological polar surface area (TPSA) is 33.1 Å². The molecule has 1 aliphatic heterocycles. The van der Waals surface area contributed by atoms with Crippen molar-refractivity contribution in [2.45, 2.75) is 39.7 Å². The lowest BCUT2D eigenvalue weighted by atomic mass is 9.94. The SMILES string of the molecule is Cc1nn(-c2ccc(F)cc2F)c(C)c1CNCCC1CCN(C)CC1. The Labute approximate surface area is 154 Å². The minimum Gasteiger partial charge on any atom is -0.313 e. The average Bonchev–Trinajstić information content (AvgIpc) is 2.88. The van der Waals surface area contributed by atoms with Gasteiger partial charge < -0.3 is 10.2 Å². The van der Waals surface area contributed by atoms with Crippen molar-refractivity contribution in [2.75, 3.05) is 26.7 Å². The summed E-state index contributed by atoms with van der Waals surface area (Å²) in [5, 5.41) is 7.97. The Morgan fingerprint density at radius 1 is 1.19 bits per heavy atom. The van der Waals surface area contributed by atoms with Gasteiger partial charge in [0.2, 0.25) is 0 Å². The number of rotatable bonds is 6. The summed E-state index contributed by atoms with van der Waals surface area (Å²) < 4.78 is 28.8. The van der Waals surface area contributed by atoms with Gasteiger partial charge in [0.05, 0.1) is 5.69 Å². The van der Waals surface area contributed by atoms with E-state index in [1.54, 1.807) is 4.68 Å². The van der Waals surface area contributed by atoms with Crippen LogP contribution in [-0.4, -0.2) is 41.4 Å². The van der Waals surface area contributed by atoms with Gasteiger partial charge in [0.25, 0.3) is 0 Å². The fourth-order valence-corrected chi connectivity index (χ4v) is 3.69. The quantitative estimate of drug-likeness (QED) is 0.798. The Balaban J connectivity index is 1.60. The first kappa shape index (κ1) is 19.0. The first-order valence-electron chi connectivity index (χ1n) is 9.35. The number of piperidine rings is 1. The van der Waals surface area contributed by atoms with Crippen molar-refractivity contribution in [3.8, 4) is 5.69 Å². The molecule has 0 radical (unpaired) electrons. The molecule has 0 unspecified atom stereocenters. The van der Waals surface area contributed by atoms with Gasteiger partial charge in [0, 0.05) is 23.9 Å². The molecule has 3 rings (SSSR count). The molecule has 1 saturated heterocycles. The molecule has 6 heteroatoms. The fourth-order valence-electron chi connectivity index (χ4n) is 3.69. The van der Waals surface area contributed by atoms with Gasteiger partial charge in [0.1, 0.15) is 11.5 Å². The zero-order valence-electron chi connectivity index (χ0n) is 15.9. The lowest BCUT2D eigenvalue weighted by Gasteiger charge is -2.28. The molecule has 0 aliphatic carbocycles. The summed E-state index contributed by atoms with van der Waals surface area (Å²) in [6, 6.07) is 3.58. The fraction of sp³-hybridized carbons (Fsp3) is 0.550. The van der Waals surface area contributed by atoms with E-state index in [2.05, 4.69) is 22.4 Å². The number of hydrogen-bond donors (Lipinski definition) is 1. The molecule has 1 N–H and O–H groups in total. The van der Waals surface area contributed by atoms with E-state index in [0.717, 1.165) is 35.5 Å². The van der Waals surface area contributed by atoms with Crippen molar-refractivity contribution in [2.24, 2.45) is 5.92 Å². The van der Waals surface area contributed by atoms with Crippen LogP contribution in [0.4, 0.5) is 8.78 Å². The molecule has 142 valence electrons. The molecule has 0 bridgehead atoms. The van der Waals surface area contributed by atoms with E-state index >= 15 is 0 Å². The Bertz CT molecular complexity index is 749. The zero-order chi connectivity index (χ0) is 18.7. The second-order valence-electron chi connectivity index (χ2n) is 7.37. The molecule has 1 fully saturated rings. The number of benzene rings is 1. The van der Waals surface area contributed by atoms with E-state index in [1.165, 1.54) is 44.5 Å². The van der Waals surface area contributed by atoms with E-state index < -0.39 is 11.6 Å². The van der Waals surface area contributed by atoms with Crippen LogP contribution in [0, 0.1) is 31.4 Å². The van der Waals surface area contributed by atoms with E-state index in [4.69, 9.17) is 0 Å². The van der Waals surface area contributed by atoms with Gasteiger partial charge in [-0.2, -0.15) is 5.10 Å². The van der Waals surface area contributed by atoms with Gasteiger partial charge in [-0.25, -0.2) is 13.5 Å². The summed E-state index contributed by atoms with van der Waals surface area (Å²) >= 11 is 0. The number of halogens is 2. The summed E-state index contributed by atoms with van der Waals surface area (Å²) in [5.41, 5.74) is 3.12. The maximum Gasteiger partial charge on any atom is 0.151 e. The molecule has 1 aromatic carbocycles. The average molecular weight is 362 g/mol. The third kappa shape index (κ3) is 4.30. The van der Waals surface area contributed by atoms with Gasteiger partial charge in [-0.15, -0.1) is 0 Å². The number of aryl methyl sites for hydroxylation is 1. The highest BCUT2D eigenvalue weighted by Gasteiger charge is 2.17. The molecule has 2 heterocycles. The molecule has 0 amide bonds. The maximum atomic E-state index is 14.1. The minimum absolute atomic E-state index is 0.282. The van der Waals surface area contributed by atoms with Gasteiger partial charge in [0.15, 0.2) is 5.82 Å². The lowest BCUT2D eigenvalue weighted by Crippen LogP contribution is -2.31. The molecule has 0 spiro atoms. The highest BCUT2D eigenvalue weighted by molar-refractivity contribution is 5.38. The Hall–Kier alpha value is -1.79. The van der Waals surface area contributed by atoms with Gasteiger partial charge in [-0.3, -0.25) is 0 Å². The predicted octanol–water partition coefficient (Wildman–Crippen LogP) is 3.59. The lowest BCUT2D eigenvalue weighted by molar-refractivity contribution is 0.211. The molecule has 26 heavy (non-hydrogen) atoms. The maximum absolute atomic E-state index is 14.1. The van der Waals surface area contributed by atoms with Crippen LogP contribution in [0.5, 0.6) is 0 Å². The van der Waals surface area contributed by atoms with Crippen molar-refractivity contribution in [1.82, 2.24) is 20.0 Å². The molecule has 0 saturated carbocycles. The highest BCUT2D eigenvalue weighted by atomic mass is 19.1. The number of nitrogens with zero attached hydrogens (tertiary/aromatic N) is 3. The molecule has 0 atom stereocenters. The normalized spacial score (nSPS) is 16.3. The molecular weight excluding hydrogens is 334 g/mol. The monoisotopic (exact) mass is 362 g/mol. The van der Waals surface area contributed by atoms with Crippen LogP contribution in [0.2, 0.25) is 0 Å². The summed E-state index contributed by atoms with van der Waals surface area (Å²) in [6.07, 6.45) is 3.74. The molecular formula is C20H28F2N4. The van der Waals surface area contributed by atoms with Crippen LogP contribution in [0.25, 0.3) is 5.69 Å². The van der Waals surface area contributed by atoms with Crippen molar-refractivity contribution in [3.63, 3.8) is 0 Å². The standard InChI is InChI=1S/C20H28F2N4/c1-14-18(13-23-9-6-16-7-10-25(3)11-8-16)15(2)26(24-14)20-5-4-17(21)12-19(20)22/h4-5,12,16,23H,6-11,13H2,1-3H3. The summed E-state index contributed by atoms with van der Waals surface area (Å²) in [6.45, 7) is 7.93. The molecule has 1 aromatic heterocycles. The highest BCUT2D eigenvalue weighted by Crippen LogP contribution is 2.21. The largest absolute Gasteiger partial charge is 0.313 e. The zero-order valence-corrected chi connectivity index (χ0v) is 15.9. The summed E-state index contributed by atoms with van der Waals surface area (Å²) in [7, 11) is 2.18. The van der Waals surface area contributed by atoms with Gasteiger partial charge in [-0.05, 0) is 77.8 Å². The first-order valence-corrected chi connectivity index (χ1v) is 9.35. The second kappa shape index (κ2) is 8.27. The van der Waals surface area contributed by atoms with E-state index in [0.29, 0.717) is 6.54 Å². The van der Waals surface area contributed by atoms with E-state index in [-0.39, 0.29) is 5.69 Å². The second-order valence-corrected chi connectivity index (χ2v) is 7.37. The van der Waals surface area contributed by atoms with Crippen LogP contribution < -0.4 is 5.32 Å². The van der Waals surface area contributed by atoms with Crippen LogP contribution in [-0.2, 0) is 6.54 Å². The smallest absolute Gasteiger partial charge is 0.151 e. The third-order valence-corrected chi connectivity index (χ3v) is 5.45. The number of likely N-dealkylation sites (tertiary alicyclic amines) is 1. The van der Waals surface area contributed by atoms with Crippen LogP contribution >= 0.6 is 0 Å². The van der Waals surface area contributed by atoms with Crippen molar-refractivity contribution >= 4 is 0 Å².